The number of nitriles is 1. The Bertz CT molecular complexity index is 841. The van der Waals surface area contributed by atoms with Crippen LogP contribution in [0.25, 0.3) is 6.08 Å². The van der Waals surface area contributed by atoms with Crippen LogP contribution in [-0.4, -0.2) is 17.8 Å². The van der Waals surface area contributed by atoms with E-state index >= 15 is 0 Å². The van der Waals surface area contributed by atoms with Crippen molar-refractivity contribution in [2.45, 2.75) is 32.6 Å². The first-order valence-electron chi connectivity index (χ1n) is 8.37. The first-order valence-corrected chi connectivity index (χ1v) is 8.37. The van der Waals surface area contributed by atoms with Gasteiger partial charge in [0.2, 0.25) is 11.6 Å². The Morgan fingerprint density at radius 2 is 2.16 bits per heavy atom. The van der Waals surface area contributed by atoms with Crippen LogP contribution in [0.1, 0.15) is 49.8 Å². The summed E-state index contributed by atoms with van der Waals surface area (Å²) in [6, 6.07) is 9.87. The van der Waals surface area contributed by atoms with E-state index in [1.165, 1.54) is 0 Å². The van der Waals surface area contributed by atoms with Crippen LogP contribution in [0.5, 0.6) is 5.75 Å². The lowest BCUT2D eigenvalue weighted by Crippen LogP contribution is -2.08. The summed E-state index contributed by atoms with van der Waals surface area (Å²) >= 11 is 0. The number of hydrogen-bond acceptors (Lipinski definition) is 6. The second-order valence-corrected chi connectivity index (χ2v) is 5.77. The predicted octanol–water partition coefficient (Wildman–Crippen LogP) is 4.32. The lowest BCUT2D eigenvalue weighted by molar-refractivity contribution is 0.353. The number of nitrogens with one attached hydrogen (secondary N) is 1. The van der Waals surface area contributed by atoms with Gasteiger partial charge < -0.3 is 9.15 Å². The molecule has 6 heteroatoms. The molecule has 0 atom stereocenters. The maximum absolute atomic E-state index is 9.22. The molecule has 0 unspecified atom stereocenters. The summed E-state index contributed by atoms with van der Waals surface area (Å²) < 4.78 is 11.4. The van der Waals surface area contributed by atoms with Gasteiger partial charge in [0.05, 0.1) is 6.21 Å². The average molecular weight is 336 g/mol. The number of anilines is 1. The predicted molar refractivity (Wildman–Crippen MR) is 96.6 cm³/mol. The van der Waals surface area contributed by atoms with Crippen LogP contribution in [0, 0.1) is 11.3 Å². The summed E-state index contributed by atoms with van der Waals surface area (Å²) in [5, 5.41) is 13.4. The number of ether oxygens (including phenoxy) is 1. The van der Waals surface area contributed by atoms with Gasteiger partial charge in [0.1, 0.15) is 18.4 Å². The van der Waals surface area contributed by atoms with Crippen molar-refractivity contribution in [2.24, 2.45) is 5.10 Å². The number of oxazole rings is 1. The van der Waals surface area contributed by atoms with Crippen molar-refractivity contribution in [3.63, 3.8) is 0 Å². The van der Waals surface area contributed by atoms with Crippen molar-refractivity contribution in [2.75, 3.05) is 12.0 Å². The summed E-state index contributed by atoms with van der Waals surface area (Å²) in [4.78, 5) is 4.26. The lowest BCUT2D eigenvalue weighted by atomic mass is 10.0. The number of hydrazone groups is 1. The average Bonchev–Trinajstić information content (AvgIpc) is 3.05. The Kier molecular flexibility index (Phi) is 5.14. The third-order valence-electron chi connectivity index (χ3n) is 4.14. The molecule has 1 aromatic heterocycles. The summed E-state index contributed by atoms with van der Waals surface area (Å²) in [5.41, 5.74) is 4.94. The molecule has 0 aliphatic carbocycles. The number of para-hydroxylation sites is 1. The van der Waals surface area contributed by atoms with E-state index in [2.05, 4.69) is 29.4 Å². The normalized spacial score (nSPS) is 13.3. The Morgan fingerprint density at radius 3 is 2.92 bits per heavy atom. The minimum absolute atomic E-state index is 0.206. The highest BCUT2D eigenvalue weighted by Crippen LogP contribution is 2.27. The molecule has 1 N–H and O–H groups in total. The molecule has 0 bridgehead atoms. The molecule has 6 nitrogen and oxygen atoms in total. The maximum atomic E-state index is 9.22. The molecule has 0 saturated carbocycles. The molecule has 2 heterocycles. The van der Waals surface area contributed by atoms with Gasteiger partial charge in [-0.1, -0.05) is 32.0 Å². The fraction of sp³-hybridized carbons (Fsp3) is 0.316. The molecule has 1 aliphatic rings. The van der Waals surface area contributed by atoms with Gasteiger partial charge in [0, 0.05) is 17.1 Å². The zero-order valence-electron chi connectivity index (χ0n) is 14.3. The van der Waals surface area contributed by atoms with Gasteiger partial charge in [0.15, 0.2) is 0 Å². The van der Waals surface area contributed by atoms with Gasteiger partial charge in [-0.2, -0.15) is 10.4 Å². The number of fused-ring (bicyclic) bond motifs is 1. The quantitative estimate of drug-likeness (QED) is 0.627. The Morgan fingerprint density at radius 1 is 1.36 bits per heavy atom. The van der Waals surface area contributed by atoms with E-state index in [1.807, 2.05) is 36.4 Å². The Balaban J connectivity index is 1.73. The van der Waals surface area contributed by atoms with E-state index in [0.717, 1.165) is 29.7 Å². The van der Waals surface area contributed by atoms with Crippen LogP contribution in [0.15, 0.2) is 39.4 Å². The van der Waals surface area contributed by atoms with E-state index in [9.17, 15) is 5.26 Å². The van der Waals surface area contributed by atoms with E-state index in [1.54, 1.807) is 6.21 Å². The van der Waals surface area contributed by atoms with Gasteiger partial charge in [-0.3, -0.25) is 0 Å². The molecule has 0 saturated heterocycles. The molecule has 3 rings (SSSR count). The lowest BCUT2D eigenvalue weighted by Gasteiger charge is -2.15. The largest absolute Gasteiger partial charge is 0.488 e. The zero-order valence-corrected chi connectivity index (χ0v) is 14.3. The molecule has 0 radical (unpaired) electrons. The molecule has 1 aromatic carbocycles. The molecule has 128 valence electrons. The van der Waals surface area contributed by atoms with Crippen molar-refractivity contribution in [1.29, 1.82) is 5.26 Å². The molecule has 0 fully saturated rings. The van der Waals surface area contributed by atoms with Crippen molar-refractivity contribution < 1.29 is 9.15 Å². The van der Waals surface area contributed by atoms with Gasteiger partial charge in [-0.05, 0) is 25.0 Å². The number of rotatable bonds is 6. The fourth-order valence-electron chi connectivity index (χ4n) is 2.68. The fourth-order valence-corrected chi connectivity index (χ4v) is 2.68. The van der Waals surface area contributed by atoms with Crippen LogP contribution >= 0.6 is 0 Å². The monoisotopic (exact) mass is 336 g/mol. The van der Waals surface area contributed by atoms with Crippen LogP contribution in [0.4, 0.5) is 5.88 Å². The molecule has 0 amide bonds. The topological polar surface area (TPSA) is 83.4 Å². The number of aromatic nitrogens is 1. The third-order valence-corrected chi connectivity index (χ3v) is 4.14. The smallest absolute Gasteiger partial charge is 0.252 e. The summed E-state index contributed by atoms with van der Waals surface area (Å²) in [7, 11) is 0. The second kappa shape index (κ2) is 7.67. The maximum Gasteiger partial charge on any atom is 0.252 e. The van der Waals surface area contributed by atoms with Gasteiger partial charge in [-0.15, -0.1) is 0 Å². The van der Waals surface area contributed by atoms with Gasteiger partial charge in [0.25, 0.3) is 5.88 Å². The molecular weight excluding hydrogens is 316 g/mol. The number of nitrogens with zero attached hydrogens (tertiary/aromatic N) is 3. The van der Waals surface area contributed by atoms with E-state index in [4.69, 9.17) is 9.15 Å². The molecule has 1 aliphatic heterocycles. The van der Waals surface area contributed by atoms with Crippen molar-refractivity contribution in [3.05, 3.63) is 47.0 Å². The van der Waals surface area contributed by atoms with Crippen molar-refractivity contribution in [1.82, 2.24) is 4.98 Å². The second-order valence-electron chi connectivity index (χ2n) is 5.77. The summed E-state index contributed by atoms with van der Waals surface area (Å²) in [6.07, 6.45) is 5.50. The van der Waals surface area contributed by atoms with Gasteiger partial charge in [-0.25, -0.2) is 10.4 Å². The van der Waals surface area contributed by atoms with E-state index in [-0.39, 0.29) is 17.5 Å². The van der Waals surface area contributed by atoms with Gasteiger partial charge >= 0.3 is 0 Å². The molecular formula is C19H20N4O2. The molecule has 2 aromatic rings. The summed E-state index contributed by atoms with van der Waals surface area (Å²) in [6.45, 7) is 4.59. The van der Waals surface area contributed by atoms with Crippen LogP contribution in [0.2, 0.25) is 0 Å². The highest BCUT2D eigenvalue weighted by Gasteiger charge is 2.18. The number of hydrogen-bond donors (Lipinski definition) is 1. The van der Waals surface area contributed by atoms with E-state index < -0.39 is 0 Å². The minimum Gasteiger partial charge on any atom is -0.488 e. The van der Waals surface area contributed by atoms with Crippen molar-refractivity contribution in [3.8, 4) is 11.8 Å². The Hall–Kier alpha value is -3.07. The third kappa shape index (κ3) is 3.72. The molecule has 25 heavy (non-hydrogen) atoms. The standard InChI is InChI=1S/C19H20N4O2/c1-3-14(4-2)18-22-16(10-20)19(25-18)23-21-11-13-9-15-7-5-6-8-17(15)24-12-13/h5-9,11,14,23H,3-4,12H2,1-2H3/b21-11+. The van der Waals surface area contributed by atoms with Crippen molar-refractivity contribution >= 4 is 18.2 Å². The van der Waals surface area contributed by atoms with E-state index in [0.29, 0.717) is 12.5 Å². The number of benzene rings is 1. The van der Waals surface area contributed by atoms with Crippen LogP contribution < -0.4 is 10.2 Å². The first kappa shape index (κ1) is 16.8. The summed E-state index contributed by atoms with van der Waals surface area (Å²) in [5.74, 6) is 1.92. The van der Waals surface area contributed by atoms with Crippen LogP contribution in [0.3, 0.4) is 0 Å². The SMILES string of the molecule is CCC(CC)c1nc(C#N)c(N/N=C/C2=Cc3ccccc3OC2)o1. The minimum atomic E-state index is 0.206. The highest BCUT2D eigenvalue weighted by atomic mass is 16.5. The Labute approximate surface area is 146 Å². The first-order chi connectivity index (χ1) is 12.2. The highest BCUT2D eigenvalue weighted by molar-refractivity contribution is 5.88. The molecule has 0 spiro atoms. The zero-order chi connectivity index (χ0) is 17.6. The van der Waals surface area contributed by atoms with Crippen LogP contribution in [-0.2, 0) is 0 Å².